The number of rotatable bonds is 13. The molecule has 0 radical (unpaired) electrons. The van der Waals surface area contributed by atoms with Gasteiger partial charge in [0.1, 0.15) is 0 Å². The molecule has 0 aromatic rings. The van der Waals surface area contributed by atoms with Crippen LogP contribution in [0.15, 0.2) is 0 Å². The Morgan fingerprint density at radius 2 is 1.35 bits per heavy atom. The highest BCUT2D eigenvalue weighted by atomic mass is 16.2. The zero-order valence-electron chi connectivity index (χ0n) is 14.1. The number of amides is 1. The van der Waals surface area contributed by atoms with Crippen molar-refractivity contribution in [2.45, 2.75) is 77.6 Å². The lowest BCUT2D eigenvalue weighted by atomic mass is 10.1. The van der Waals surface area contributed by atoms with E-state index in [1.807, 2.05) is 14.1 Å². The largest absolute Gasteiger partial charge is 0.330 e. The number of hydrogen-bond acceptors (Lipinski definition) is 2. The lowest BCUT2D eigenvalue weighted by Crippen LogP contribution is -2.46. The van der Waals surface area contributed by atoms with E-state index in [0.717, 1.165) is 25.8 Å². The smallest absolute Gasteiger partial charge is 0.313 e. The number of quaternary nitrogens is 1. The standard InChI is InChI=1S/C17H37N2O/c1-4-5-6-7-8-9-10-11-12-14-17(20)19(2,3)16-13-15-18/h4-16,18H2,1-3H3/q+1. The van der Waals surface area contributed by atoms with Crippen LogP contribution in [0.1, 0.15) is 77.6 Å². The summed E-state index contributed by atoms with van der Waals surface area (Å²) in [5, 5.41) is 0. The van der Waals surface area contributed by atoms with E-state index in [4.69, 9.17) is 5.73 Å². The molecule has 0 rings (SSSR count). The quantitative estimate of drug-likeness (QED) is 0.412. The SMILES string of the molecule is CCCCCCCCCCCC(=O)[N+](C)(C)CCCN. The van der Waals surface area contributed by atoms with Crippen molar-refractivity contribution in [3.05, 3.63) is 0 Å². The molecule has 0 saturated heterocycles. The van der Waals surface area contributed by atoms with E-state index in [2.05, 4.69) is 6.92 Å². The predicted octanol–water partition coefficient (Wildman–Crippen LogP) is 3.86. The van der Waals surface area contributed by atoms with Gasteiger partial charge in [-0.2, -0.15) is 0 Å². The Morgan fingerprint density at radius 1 is 0.850 bits per heavy atom. The molecule has 0 aromatic heterocycles. The maximum atomic E-state index is 12.1. The summed E-state index contributed by atoms with van der Waals surface area (Å²) in [5.41, 5.74) is 5.51. The average Bonchev–Trinajstić information content (AvgIpc) is 2.43. The Morgan fingerprint density at radius 3 is 1.85 bits per heavy atom. The molecule has 0 saturated carbocycles. The number of unbranched alkanes of at least 4 members (excludes halogenated alkanes) is 8. The van der Waals surface area contributed by atoms with Crippen molar-refractivity contribution in [1.29, 1.82) is 0 Å². The first-order valence-corrected chi connectivity index (χ1v) is 8.61. The fourth-order valence-electron chi connectivity index (χ4n) is 2.50. The zero-order valence-corrected chi connectivity index (χ0v) is 14.1. The van der Waals surface area contributed by atoms with Gasteiger partial charge in [0.25, 0.3) is 0 Å². The molecule has 0 bridgehead atoms. The lowest BCUT2D eigenvalue weighted by Gasteiger charge is -2.26. The minimum absolute atomic E-state index is 0.362. The third-order valence-corrected chi connectivity index (χ3v) is 4.09. The molecule has 0 heterocycles. The van der Waals surface area contributed by atoms with Crippen LogP contribution < -0.4 is 5.73 Å². The van der Waals surface area contributed by atoms with Crippen molar-refractivity contribution in [1.82, 2.24) is 0 Å². The van der Waals surface area contributed by atoms with E-state index in [1.54, 1.807) is 0 Å². The van der Waals surface area contributed by atoms with E-state index in [1.165, 1.54) is 51.4 Å². The van der Waals surface area contributed by atoms with Crippen LogP contribution >= 0.6 is 0 Å². The van der Waals surface area contributed by atoms with Crippen molar-refractivity contribution < 1.29 is 9.28 Å². The first kappa shape index (κ1) is 19.6. The first-order chi connectivity index (χ1) is 9.54. The molecule has 2 N–H and O–H groups in total. The highest BCUT2D eigenvalue weighted by molar-refractivity contribution is 5.68. The van der Waals surface area contributed by atoms with Crippen LogP contribution in [0.25, 0.3) is 0 Å². The van der Waals surface area contributed by atoms with E-state index < -0.39 is 0 Å². The van der Waals surface area contributed by atoms with E-state index in [9.17, 15) is 4.79 Å². The summed E-state index contributed by atoms with van der Waals surface area (Å²) in [6.45, 7) is 3.80. The van der Waals surface area contributed by atoms with Crippen LogP contribution in [0.2, 0.25) is 0 Å². The normalized spacial score (nSPS) is 11.8. The van der Waals surface area contributed by atoms with E-state index >= 15 is 0 Å². The van der Waals surface area contributed by atoms with Crippen LogP contribution in [0.3, 0.4) is 0 Å². The van der Waals surface area contributed by atoms with Crippen molar-refractivity contribution in [2.75, 3.05) is 27.2 Å². The summed E-state index contributed by atoms with van der Waals surface area (Å²) < 4.78 is 0.494. The molecule has 0 aliphatic heterocycles. The highest BCUT2D eigenvalue weighted by Crippen LogP contribution is 2.12. The second-order valence-corrected chi connectivity index (χ2v) is 6.52. The molecule has 20 heavy (non-hydrogen) atoms. The minimum atomic E-state index is 0.362. The Bertz CT molecular complexity index is 239. The van der Waals surface area contributed by atoms with Gasteiger partial charge in [-0.25, -0.2) is 4.79 Å². The molecular weight excluding hydrogens is 248 g/mol. The molecule has 0 spiro atoms. The number of nitrogens with two attached hydrogens (primary N) is 1. The molecule has 0 atom stereocenters. The van der Waals surface area contributed by atoms with Gasteiger partial charge in [0.05, 0.1) is 27.1 Å². The molecule has 0 unspecified atom stereocenters. The van der Waals surface area contributed by atoms with Crippen LogP contribution in [-0.4, -0.2) is 37.6 Å². The third kappa shape index (κ3) is 10.4. The van der Waals surface area contributed by atoms with Gasteiger partial charge >= 0.3 is 5.91 Å². The monoisotopic (exact) mass is 285 g/mol. The fourth-order valence-corrected chi connectivity index (χ4v) is 2.50. The summed E-state index contributed by atoms with van der Waals surface area (Å²) in [6, 6.07) is 0. The van der Waals surface area contributed by atoms with Crippen molar-refractivity contribution in [3.8, 4) is 0 Å². The number of hydrogen-bond donors (Lipinski definition) is 1. The van der Waals surface area contributed by atoms with Gasteiger partial charge in [-0.1, -0.05) is 58.3 Å². The predicted molar refractivity (Wildman–Crippen MR) is 87.5 cm³/mol. The van der Waals surface area contributed by atoms with Gasteiger partial charge in [-0.05, 0) is 13.0 Å². The van der Waals surface area contributed by atoms with E-state index in [0.29, 0.717) is 16.9 Å². The van der Waals surface area contributed by atoms with Crippen LogP contribution in [0, 0.1) is 0 Å². The summed E-state index contributed by atoms with van der Waals surface area (Å²) in [4.78, 5) is 12.1. The average molecular weight is 285 g/mol. The minimum Gasteiger partial charge on any atom is -0.330 e. The molecule has 120 valence electrons. The van der Waals surface area contributed by atoms with Gasteiger partial charge in [-0.3, -0.25) is 4.48 Å². The van der Waals surface area contributed by atoms with E-state index in [-0.39, 0.29) is 0 Å². The molecule has 3 nitrogen and oxygen atoms in total. The Balaban J connectivity index is 3.47. The summed E-state index contributed by atoms with van der Waals surface area (Å²) in [5.74, 6) is 0.362. The van der Waals surface area contributed by atoms with Gasteiger partial charge in [0.2, 0.25) is 0 Å². The molecule has 0 aromatic carbocycles. The third-order valence-electron chi connectivity index (χ3n) is 4.09. The highest BCUT2D eigenvalue weighted by Gasteiger charge is 2.24. The zero-order chi connectivity index (χ0) is 15.3. The Labute approximate surface area is 126 Å². The van der Waals surface area contributed by atoms with Gasteiger partial charge in [0, 0.05) is 6.42 Å². The van der Waals surface area contributed by atoms with Gasteiger partial charge in [-0.15, -0.1) is 0 Å². The molecule has 0 aliphatic carbocycles. The Kier molecular flexibility index (Phi) is 12.1. The number of carbonyl (C=O) groups excluding carboxylic acids is 1. The molecule has 0 aliphatic rings. The van der Waals surface area contributed by atoms with Crippen molar-refractivity contribution >= 4 is 5.91 Å². The lowest BCUT2D eigenvalue weighted by molar-refractivity contribution is -0.814. The summed E-state index contributed by atoms with van der Waals surface area (Å²) >= 11 is 0. The molecule has 1 amide bonds. The summed E-state index contributed by atoms with van der Waals surface area (Å²) in [7, 11) is 4.01. The molecule has 3 heteroatoms. The van der Waals surface area contributed by atoms with Crippen molar-refractivity contribution in [3.63, 3.8) is 0 Å². The van der Waals surface area contributed by atoms with Crippen LogP contribution in [-0.2, 0) is 4.79 Å². The van der Waals surface area contributed by atoms with Crippen molar-refractivity contribution in [2.24, 2.45) is 5.73 Å². The number of nitrogens with zero attached hydrogens (tertiary/aromatic N) is 1. The fraction of sp³-hybridized carbons (Fsp3) is 0.941. The molecule has 0 fully saturated rings. The molecular formula is C17H37N2O+. The topological polar surface area (TPSA) is 43.1 Å². The van der Waals surface area contributed by atoms with Gasteiger partial charge < -0.3 is 5.73 Å². The maximum absolute atomic E-state index is 12.1. The maximum Gasteiger partial charge on any atom is 0.313 e. The second-order valence-electron chi connectivity index (χ2n) is 6.52. The van der Waals surface area contributed by atoms with Gasteiger partial charge in [0.15, 0.2) is 0 Å². The first-order valence-electron chi connectivity index (χ1n) is 8.61. The Hall–Kier alpha value is -0.410. The summed E-state index contributed by atoms with van der Waals surface area (Å²) in [6.07, 6.45) is 13.4. The second kappa shape index (κ2) is 12.3. The van der Waals surface area contributed by atoms with Crippen LogP contribution in [0.4, 0.5) is 0 Å². The van der Waals surface area contributed by atoms with Crippen LogP contribution in [0.5, 0.6) is 0 Å². The number of carbonyl (C=O) groups is 1.